The number of rotatable bonds is 9. The minimum Gasteiger partial charge on any atom is -0.315 e. The summed E-state index contributed by atoms with van der Waals surface area (Å²) in [6.45, 7) is 12.0. The molecule has 2 rings (SSSR count). The zero-order valence-corrected chi connectivity index (χ0v) is 11.9. The van der Waals surface area contributed by atoms with Crippen LogP contribution in [0.2, 0.25) is 0 Å². The average Bonchev–Trinajstić information content (AvgIpc) is 3.10. The third kappa shape index (κ3) is 5.39. The Bertz CT molecular complexity index is 205. The Balaban J connectivity index is 1.68. The van der Waals surface area contributed by atoms with Crippen LogP contribution in [0.1, 0.15) is 46.5 Å². The van der Waals surface area contributed by atoms with Crippen molar-refractivity contribution in [3.63, 3.8) is 0 Å². The van der Waals surface area contributed by atoms with Gasteiger partial charge in [-0.25, -0.2) is 0 Å². The van der Waals surface area contributed by atoms with Gasteiger partial charge in [-0.05, 0) is 56.9 Å². The molecule has 0 spiro atoms. The summed E-state index contributed by atoms with van der Waals surface area (Å²) in [7, 11) is 0. The van der Waals surface area contributed by atoms with Gasteiger partial charge in [0.05, 0.1) is 0 Å². The Kier molecular flexibility index (Phi) is 4.87. The van der Waals surface area contributed by atoms with Crippen molar-refractivity contribution in [1.82, 2.24) is 10.2 Å². The zero-order valence-electron chi connectivity index (χ0n) is 11.9. The third-order valence-corrected chi connectivity index (χ3v) is 3.99. The van der Waals surface area contributed by atoms with Crippen LogP contribution in [-0.4, -0.2) is 37.1 Å². The molecule has 0 aromatic heterocycles. The van der Waals surface area contributed by atoms with Crippen molar-refractivity contribution in [2.75, 3.05) is 26.2 Å². The first kappa shape index (κ1) is 13.4. The monoisotopic (exact) mass is 238 g/mol. The fourth-order valence-electron chi connectivity index (χ4n) is 2.41. The van der Waals surface area contributed by atoms with E-state index in [-0.39, 0.29) is 0 Å². The summed E-state index contributed by atoms with van der Waals surface area (Å²) in [5, 5.41) is 3.61. The predicted molar refractivity (Wildman–Crippen MR) is 74.2 cm³/mol. The van der Waals surface area contributed by atoms with E-state index < -0.39 is 0 Å². The van der Waals surface area contributed by atoms with Gasteiger partial charge in [-0.1, -0.05) is 13.8 Å². The summed E-state index contributed by atoms with van der Waals surface area (Å²) < 4.78 is 0. The fourth-order valence-corrected chi connectivity index (χ4v) is 2.41. The van der Waals surface area contributed by atoms with Crippen LogP contribution in [0.25, 0.3) is 0 Å². The van der Waals surface area contributed by atoms with Crippen molar-refractivity contribution < 1.29 is 0 Å². The topological polar surface area (TPSA) is 15.3 Å². The minimum absolute atomic E-state index is 0.718. The van der Waals surface area contributed by atoms with Gasteiger partial charge in [0.1, 0.15) is 0 Å². The first-order valence-electron chi connectivity index (χ1n) is 7.60. The number of hydrogen-bond acceptors (Lipinski definition) is 2. The quantitative estimate of drug-likeness (QED) is 0.664. The normalized spacial score (nSPS) is 22.4. The van der Waals surface area contributed by atoms with Crippen LogP contribution >= 0.6 is 0 Å². The molecule has 0 aromatic rings. The molecule has 0 aliphatic heterocycles. The molecular weight excluding hydrogens is 208 g/mol. The molecule has 0 amide bonds. The van der Waals surface area contributed by atoms with Crippen molar-refractivity contribution in [3.05, 3.63) is 0 Å². The Morgan fingerprint density at radius 3 is 1.88 bits per heavy atom. The first-order chi connectivity index (χ1) is 8.15. The molecule has 0 heterocycles. The number of nitrogens with zero attached hydrogens (tertiary/aromatic N) is 1. The highest BCUT2D eigenvalue weighted by Gasteiger charge is 2.30. The van der Waals surface area contributed by atoms with Gasteiger partial charge in [0.15, 0.2) is 0 Å². The lowest BCUT2D eigenvalue weighted by atomic mass is 10.2. The molecule has 17 heavy (non-hydrogen) atoms. The van der Waals surface area contributed by atoms with E-state index in [1.54, 1.807) is 0 Å². The van der Waals surface area contributed by atoms with Crippen molar-refractivity contribution in [3.8, 4) is 0 Å². The molecule has 0 saturated heterocycles. The van der Waals surface area contributed by atoms with Crippen LogP contribution in [0.4, 0.5) is 0 Å². The standard InChI is InChI=1S/C15H30N2/c1-12(2)8-16-9-13(3)17(10-14-4-5-14)11-15-6-7-15/h12-16H,4-11H2,1-3H3. The molecule has 2 aliphatic carbocycles. The van der Waals surface area contributed by atoms with Crippen LogP contribution in [0, 0.1) is 17.8 Å². The van der Waals surface area contributed by atoms with Crippen LogP contribution < -0.4 is 5.32 Å². The minimum atomic E-state index is 0.718. The highest BCUT2D eigenvalue weighted by Crippen LogP contribution is 2.34. The largest absolute Gasteiger partial charge is 0.315 e. The number of nitrogens with one attached hydrogen (secondary N) is 1. The second kappa shape index (κ2) is 6.19. The van der Waals surface area contributed by atoms with E-state index in [4.69, 9.17) is 0 Å². The molecule has 0 bridgehead atoms. The van der Waals surface area contributed by atoms with Gasteiger partial charge in [0.25, 0.3) is 0 Å². The molecule has 2 saturated carbocycles. The highest BCUT2D eigenvalue weighted by atomic mass is 15.2. The molecule has 2 aliphatic rings. The van der Waals surface area contributed by atoms with Crippen LogP contribution in [0.15, 0.2) is 0 Å². The Morgan fingerprint density at radius 2 is 1.47 bits per heavy atom. The molecule has 0 aromatic carbocycles. The smallest absolute Gasteiger partial charge is 0.0192 e. The first-order valence-corrected chi connectivity index (χ1v) is 7.60. The van der Waals surface area contributed by atoms with Gasteiger partial charge in [0, 0.05) is 25.7 Å². The van der Waals surface area contributed by atoms with E-state index in [0.717, 1.165) is 36.9 Å². The second-order valence-corrected chi connectivity index (χ2v) is 6.74. The van der Waals surface area contributed by atoms with E-state index in [9.17, 15) is 0 Å². The molecule has 2 heteroatoms. The van der Waals surface area contributed by atoms with Crippen LogP contribution in [-0.2, 0) is 0 Å². The summed E-state index contributed by atoms with van der Waals surface area (Å²) in [6, 6.07) is 0.718. The second-order valence-electron chi connectivity index (χ2n) is 6.74. The van der Waals surface area contributed by atoms with E-state index >= 15 is 0 Å². The summed E-state index contributed by atoms with van der Waals surface area (Å²) in [6.07, 6.45) is 5.92. The molecule has 2 nitrogen and oxygen atoms in total. The SMILES string of the molecule is CC(C)CNCC(C)N(CC1CC1)CC1CC1. The van der Waals surface area contributed by atoms with Gasteiger partial charge in [0.2, 0.25) is 0 Å². The van der Waals surface area contributed by atoms with Gasteiger partial charge >= 0.3 is 0 Å². The summed E-state index contributed by atoms with van der Waals surface area (Å²) in [5.41, 5.74) is 0. The fraction of sp³-hybridized carbons (Fsp3) is 1.00. The van der Waals surface area contributed by atoms with E-state index in [2.05, 4.69) is 31.0 Å². The molecule has 1 unspecified atom stereocenters. The summed E-state index contributed by atoms with van der Waals surface area (Å²) >= 11 is 0. The summed E-state index contributed by atoms with van der Waals surface area (Å²) in [4.78, 5) is 2.75. The van der Waals surface area contributed by atoms with Gasteiger partial charge in [-0.3, -0.25) is 4.90 Å². The maximum atomic E-state index is 3.61. The van der Waals surface area contributed by atoms with Crippen LogP contribution in [0.3, 0.4) is 0 Å². The van der Waals surface area contributed by atoms with E-state index in [0.29, 0.717) is 0 Å². The van der Waals surface area contributed by atoms with E-state index in [1.807, 2.05) is 0 Å². The molecule has 1 N–H and O–H groups in total. The maximum Gasteiger partial charge on any atom is 0.0192 e. The van der Waals surface area contributed by atoms with Crippen molar-refractivity contribution in [2.45, 2.75) is 52.5 Å². The lowest BCUT2D eigenvalue weighted by Crippen LogP contribution is -2.43. The van der Waals surface area contributed by atoms with Crippen molar-refractivity contribution in [2.24, 2.45) is 17.8 Å². The number of hydrogen-bond donors (Lipinski definition) is 1. The Morgan fingerprint density at radius 1 is 0.941 bits per heavy atom. The molecular formula is C15H30N2. The molecule has 0 radical (unpaired) electrons. The highest BCUT2D eigenvalue weighted by molar-refractivity contribution is 4.85. The zero-order chi connectivity index (χ0) is 12.3. The average molecular weight is 238 g/mol. The maximum absolute atomic E-state index is 3.61. The molecule has 2 fully saturated rings. The Labute approximate surface area is 107 Å². The lowest BCUT2D eigenvalue weighted by Gasteiger charge is -2.29. The van der Waals surface area contributed by atoms with Gasteiger partial charge in [-0.2, -0.15) is 0 Å². The predicted octanol–water partition coefficient (Wildman–Crippen LogP) is 2.74. The van der Waals surface area contributed by atoms with Crippen molar-refractivity contribution >= 4 is 0 Å². The van der Waals surface area contributed by atoms with Gasteiger partial charge < -0.3 is 5.32 Å². The third-order valence-electron chi connectivity index (χ3n) is 3.99. The van der Waals surface area contributed by atoms with Crippen molar-refractivity contribution in [1.29, 1.82) is 0 Å². The van der Waals surface area contributed by atoms with Gasteiger partial charge in [-0.15, -0.1) is 0 Å². The Hall–Kier alpha value is -0.0800. The lowest BCUT2D eigenvalue weighted by molar-refractivity contribution is 0.187. The van der Waals surface area contributed by atoms with E-state index in [1.165, 1.54) is 38.8 Å². The van der Waals surface area contributed by atoms with Crippen LogP contribution in [0.5, 0.6) is 0 Å². The summed E-state index contributed by atoms with van der Waals surface area (Å²) in [5.74, 6) is 2.82. The molecule has 100 valence electrons. The molecule has 1 atom stereocenters.